The van der Waals surface area contributed by atoms with E-state index in [0.29, 0.717) is 0 Å². The third-order valence-corrected chi connectivity index (χ3v) is 6.57. The van der Waals surface area contributed by atoms with Gasteiger partial charge in [0.1, 0.15) is 32.5 Å². The van der Waals surface area contributed by atoms with E-state index >= 15 is 0 Å². The standard InChI is InChI=1S/C34H39N5O9/c1-24(33(44)46-21-26-13-7-3-8-14-26)48-23-38-30(41)18-36-32(43)28(17-25-11-5-2-6-12-25)39-31(42)20-35-29(40)19-37-34(45)47-22-27-15-9-4-10-16-27/h2-16,24,28H,17-23H2,1H3,(H,35,40)(H,36,43)(H,37,45)(H,38,41)(H,39,42). The van der Waals surface area contributed by atoms with Crippen LogP contribution in [0.2, 0.25) is 0 Å². The van der Waals surface area contributed by atoms with Gasteiger partial charge in [-0.2, -0.15) is 0 Å². The molecule has 0 heterocycles. The van der Waals surface area contributed by atoms with E-state index in [1.807, 2.05) is 36.4 Å². The number of nitrogens with one attached hydrogen (secondary N) is 5. The highest BCUT2D eigenvalue weighted by molar-refractivity contribution is 5.92. The maximum Gasteiger partial charge on any atom is 0.407 e. The van der Waals surface area contributed by atoms with E-state index in [-0.39, 0.29) is 26.4 Å². The number of hydrogen-bond acceptors (Lipinski definition) is 9. The molecule has 0 aliphatic carbocycles. The predicted octanol–water partition coefficient (Wildman–Crippen LogP) is 1.09. The molecule has 3 rings (SSSR count). The molecule has 0 saturated carbocycles. The Hall–Kier alpha value is -5.76. The zero-order valence-corrected chi connectivity index (χ0v) is 26.4. The van der Waals surface area contributed by atoms with Crippen LogP contribution in [-0.2, 0) is 57.8 Å². The third-order valence-electron chi connectivity index (χ3n) is 6.57. The van der Waals surface area contributed by atoms with E-state index < -0.39 is 67.5 Å². The van der Waals surface area contributed by atoms with Gasteiger partial charge in [-0.15, -0.1) is 0 Å². The lowest BCUT2D eigenvalue weighted by molar-refractivity contribution is -0.158. The summed E-state index contributed by atoms with van der Waals surface area (Å²) in [4.78, 5) is 74.1. The molecule has 0 aliphatic rings. The van der Waals surface area contributed by atoms with Gasteiger partial charge in [0, 0.05) is 6.42 Å². The molecule has 0 fully saturated rings. The Bertz CT molecular complexity index is 1490. The molecule has 5 N–H and O–H groups in total. The van der Waals surface area contributed by atoms with Crippen LogP contribution in [0.25, 0.3) is 0 Å². The SMILES string of the molecule is CC(OCNC(=O)CNC(=O)C(Cc1ccccc1)NC(=O)CNC(=O)CNC(=O)OCc1ccccc1)C(=O)OCc1ccccc1. The second-order valence-corrected chi connectivity index (χ2v) is 10.4. The molecular weight excluding hydrogens is 622 g/mol. The average Bonchev–Trinajstić information content (AvgIpc) is 3.11. The Morgan fingerprint density at radius 1 is 0.583 bits per heavy atom. The predicted molar refractivity (Wildman–Crippen MR) is 173 cm³/mol. The number of esters is 1. The number of ether oxygens (including phenoxy) is 3. The van der Waals surface area contributed by atoms with Crippen molar-refractivity contribution in [3.8, 4) is 0 Å². The van der Waals surface area contributed by atoms with Gasteiger partial charge in [0.05, 0.1) is 13.1 Å². The number of rotatable bonds is 18. The van der Waals surface area contributed by atoms with Crippen molar-refractivity contribution in [1.82, 2.24) is 26.6 Å². The molecular formula is C34H39N5O9. The van der Waals surface area contributed by atoms with E-state index in [0.717, 1.165) is 16.7 Å². The van der Waals surface area contributed by atoms with Crippen LogP contribution < -0.4 is 26.6 Å². The second kappa shape index (κ2) is 20.4. The van der Waals surface area contributed by atoms with Crippen LogP contribution in [0.1, 0.15) is 23.6 Å². The summed E-state index contributed by atoms with van der Waals surface area (Å²) in [5.74, 6) is -3.16. The third kappa shape index (κ3) is 14.6. The molecule has 48 heavy (non-hydrogen) atoms. The van der Waals surface area contributed by atoms with Crippen molar-refractivity contribution in [2.75, 3.05) is 26.4 Å². The van der Waals surface area contributed by atoms with Gasteiger partial charge in [0.2, 0.25) is 23.6 Å². The topological polar surface area (TPSA) is 190 Å². The van der Waals surface area contributed by atoms with Crippen LogP contribution in [0, 0.1) is 0 Å². The molecule has 5 amide bonds. The van der Waals surface area contributed by atoms with Crippen LogP contribution in [0.3, 0.4) is 0 Å². The fraction of sp³-hybridized carbons (Fsp3) is 0.294. The first-order chi connectivity index (χ1) is 23.2. The maximum atomic E-state index is 13.0. The van der Waals surface area contributed by atoms with Gasteiger partial charge in [0.25, 0.3) is 0 Å². The fourth-order valence-corrected chi connectivity index (χ4v) is 3.99. The number of benzene rings is 3. The summed E-state index contributed by atoms with van der Waals surface area (Å²) in [6.45, 7) is -0.0372. The molecule has 0 spiro atoms. The number of carbonyl (C=O) groups is 6. The molecule has 3 aromatic carbocycles. The molecule has 0 saturated heterocycles. The van der Waals surface area contributed by atoms with Crippen molar-refractivity contribution in [2.24, 2.45) is 0 Å². The fourth-order valence-electron chi connectivity index (χ4n) is 3.99. The lowest BCUT2D eigenvalue weighted by atomic mass is 10.1. The Balaban J connectivity index is 1.38. The second-order valence-electron chi connectivity index (χ2n) is 10.4. The summed E-state index contributed by atoms with van der Waals surface area (Å²) in [6.07, 6.45) is -1.64. The van der Waals surface area contributed by atoms with Crippen LogP contribution in [0.4, 0.5) is 4.79 Å². The molecule has 0 bridgehead atoms. The average molecular weight is 662 g/mol. The monoisotopic (exact) mass is 661 g/mol. The van der Waals surface area contributed by atoms with Crippen molar-refractivity contribution in [1.29, 1.82) is 0 Å². The Morgan fingerprint density at radius 3 is 1.69 bits per heavy atom. The summed E-state index contributed by atoms with van der Waals surface area (Å²) in [5.41, 5.74) is 2.34. The van der Waals surface area contributed by atoms with Gasteiger partial charge >= 0.3 is 12.1 Å². The van der Waals surface area contributed by atoms with Gasteiger partial charge < -0.3 is 40.8 Å². The zero-order valence-electron chi connectivity index (χ0n) is 26.4. The van der Waals surface area contributed by atoms with Crippen molar-refractivity contribution < 1.29 is 43.0 Å². The minimum atomic E-state index is -1.08. The van der Waals surface area contributed by atoms with Crippen molar-refractivity contribution >= 4 is 35.7 Å². The smallest absolute Gasteiger partial charge is 0.407 e. The minimum absolute atomic E-state index is 0.0300. The first-order valence-electron chi connectivity index (χ1n) is 15.1. The van der Waals surface area contributed by atoms with E-state index in [1.165, 1.54) is 6.92 Å². The van der Waals surface area contributed by atoms with Crippen molar-refractivity contribution in [2.45, 2.75) is 38.7 Å². The van der Waals surface area contributed by atoms with Crippen LogP contribution >= 0.6 is 0 Å². The maximum absolute atomic E-state index is 13.0. The number of hydrogen-bond donors (Lipinski definition) is 5. The van der Waals surface area contributed by atoms with Gasteiger partial charge in [-0.05, 0) is 23.6 Å². The number of carbonyl (C=O) groups excluding carboxylic acids is 6. The molecule has 0 radical (unpaired) electrons. The van der Waals surface area contributed by atoms with Crippen LogP contribution in [0.15, 0.2) is 91.0 Å². The normalized spacial score (nSPS) is 11.6. The first-order valence-corrected chi connectivity index (χ1v) is 15.1. The molecule has 2 atom stereocenters. The lowest BCUT2D eigenvalue weighted by Gasteiger charge is -2.19. The van der Waals surface area contributed by atoms with Crippen LogP contribution in [-0.4, -0.2) is 74.2 Å². The van der Waals surface area contributed by atoms with Gasteiger partial charge in [0.15, 0.2) is 6.10 Å². The van der Waals surface area contributed by atoms with E-state index in [2.05, 4.69) is 26.6 Å². The molecule has 2 unspecified atom stereocenters. The number of amides is 5. The number of alkyl carbamates (subject to hydrolysis) is 1. The Labute approximate surface area is 277 Å². The molecule has 14 heteroatoms. The molecule has 14 nitrogen and oxygen atoms in total. The molecule has 254 valence electrons. The van der Waals surface area contributed by atoms with E-state index in [1.54, 1.807) is 54.6 Å². The summed E-state index contributed by atoms with van der Waals surface area (Å²) in [7, 11) is 0. The highest BCUT2D eigenvalue weighted by atomic mass is 16.6. The lowest BCUT2D eigenvalue weighted by Crippen LogP contribution is -2.52. The van der Waals surface area contributed by atoms with Crippen molar-refractivity contribution in [3.05, 3.63) is 108 Å². The Morgan fingerprint density at radius 2 is 1.08 bits per heavy atom. The van der Waals surface area contributed by atoms with E-state index in [9.17, 15) is 28.8 Å². The summed E-state index contributed by atoms with van der Waals surface area (Å²) >= 11 is 0. The first kappa shape index (κ1) is 36.7. The highest BCUT2D eigenvalue weighted by Crippen LogP contribution is 2.05. The summed E-state index contributed by atoms with van der Waals surface area (Å²) in [5, 5.41) is 12.1. The quantitative estimate of drug-likeness (QED) is 0.0982. The minimum Gasteiger partial charge on any atom is -0.459 e. The molecule has 3 aromatic rings. The molecule has 0 aliphatic heterocycles. The molecule has 0 aromatic heterocycles. The van der Waals surface area contributed by atoms with Gasteiger partial charge in [-0.3, -0.25) is 19.2 Å². The van der Waals surface area contributed by atoms with Crippen molar-refractivity contribution in [3.63, 3.8) is 0 Å². The summed E-state index contributed by atoms with van der Waals surface area (Å²) < 4.78 is 15.5. The van der Waals surface area contributed by atoms with Crippen LogP contribution in [0.5, 0.6) is 0 Å². The zero-order chi connectivity index (χ0) is 34.6. The highest BCUT2D eigenvalue weighted by Gasteiger charge is 2.22. The Kier molecular flexibility index (Phi) is 15.6. The summed E-state index contributed by atoms with van der Waals surface area (Å²) in [6, 6.07) is 25.9. The van der Waals surface area contributed by atoms with Gasteiger partial charge in [-0.25, -0.2) is 9.59 Å². The largest absolute Gasteiger partial charge is 0.459 e. The van der Waals surface area contributed by atoms with E-state index in [4.69, 9.17) is 14.2 Å². The van der Waals surface area contributed by atoms with Gasteiger partial charge in [-0.1, -0.05) is 91.0 Å².